The van der Waals surface area contributed by atoms with Crippen LogP contribution in [0.2, 0.25) is 0 Å². The Morgan fingerprint density at radius 1 is 1.06 bits per heavy atom. The van der Waals surface area contributed by atoms with Gasteiger partial charge in [-0.15, -0.1) is 0 Å². The summed E-state index contributed by atoms with van der Waals surface area (Å²) >= 11 is 0. The summed E-state index contributed by atoms with van der Waals surface area (Å²) in [6.45, 7) is 6.86. The minimum absolute atomic E-state index is 0.0294. The molecule has 0 aliphatic rings. The van der Waals surface area contributed by atoms with Gasteiger partial charge in [0.25, 0.3) is 0 Å². The van der Waals surface area contributed by atoms with Gasteiger partial charge in [-0.05, 0) is 38.5 Å². The summed E-state index contributed by atoms with van der Waals surface area (Å²) in [7, 11) is 0. The van der Waals surface area contributed by atoms with Crippen molar-refractivity contribution in [1.29, 1.82) is 0 Å². The van der Waals surface area contributed by atoms with Crippen LogP contribution in [0.3, 0.4) is 0 Å². The van der Waals surface area contributed by atoms with E-state index in [9.17, 15) is 14.7 Å². The second-order valence-electron chi connectivity index (χ2n) is 3.97. The highest BCUT2D eigenvalue weighted by molar-refractivity contribution is 5.99. The van der Waals surface area contributed by atoms with Crippen LogP contribution in [0.15, 0.2) is 12.1 Å². The molecule has 0 aliphatic heterocycles. The maximum absolute atomic E-state index is 11.2. The van der Waals surface area contributed by atoms with Gasteiger partial charge in [0.05, 0.1) is 16.8 Å². The molecule has 5 heteroatoms. The van der Waals surface area contributed by atoms with Crippen molar-refractivity contribution in [1.82, 2.24) is 0 Å². The molecular formula is C13H17NO4. The van der Waals surface area contributed by atoms with Crippen LogP contribution in [0.25, 0.3) is 0 Å². The number of carboxylic acid groups (broad SMARTS) is 2. The van der Waals surface area contributed by atoms with Crippen LogP contribution >= 0.6 is 0 Å². The second-order valence-corrected chi connectivity index (χ2v) is 3.97. The fourth-order valence-corrected chi connectivity index (χ4v) is 1.92. The monoisotopic (exact) mass is 251 g/mol. The fraction of sp³-hybridized carbons (Fsp3) is 0.385. The molecular weight excluding hydrogens is 234 g/mol. The number of hydrogen-bond acceptors (Lipinski definition) is 3. The third-order valence-corrected chi connectivity index (χ3v) is 2.91. The maximum Gasteiger partial charge on any atom is 0.337 e. The van der Waals surface area contributed by atoms with Crippen LogP contribution in [-0.2, 0) is 0 Å². The zero-order chi connectivity index (χ0) is 13.9. The largest absolute Gasteiger partial charge is 0.478 e. The molecule has 0 fully saturated rings. The van der Waals surface area contributed by atoms with Gasteiger partial charge in [0.1, 0.15) is 0 Å². The standard InChI is InChI=1S/C13H17NO4/c1-4-14(5-2)11-6-8(3)9(12(15)16)7-10(11)13(17)18/h6-7H,4-5H2,1-3H3,(H,15,16)(H,17,18). The third-order valence-electron chi connectivity index (χ3n) is 2.91. The molecule has 1 aromatic carbocycles. The van der Waals surface area contributed by atoms with Gasteiger partial charge in [0.2, 0.25) is 0 Å². The molecule has 98 valence electrons. The molecule has 0 unspecified atom stereocenters. The first-order valence-electron chi connectivity index (χ1n) is 5.78. The molecule has 18 heavy (non-hydrogen) atoms. The number of aryl methyl sites for hydroxylation is 1. The number of benzene rings is 1. The van der Waals surface area contributed by atoms with Gasteiger partial charge in [-0.1, -0.05) is 0 Å². The smallest absolute Gasteiger partial charge is 0.337 e. The Hall–Kier alpha value is -2.04. The number of nitrogens with zero attached hydrogens (tertiary/aromatic N) is 1. The van der Waals surface area contributed by atoms with Gasteiger partial charge < -0.3 is 15.1 Å². The molecule has 0 radical (unpaired) electrons. The fourth-order valence-electron chi connectivity index (χ4n) is 1.92. The topological polar surface area (TPSA) is 77.8 Å². The van der Waals surface area contributed by atoms with Crippen LogP contribution in [0, 0.1) is 6.92 Å². The Labute approximate surface area is 106 Å². The summed E-state index contributed by atoms with van der Waals surface area (Å²) in [5, 5.41) is 18.2. The zero-order valence-corrected chi connectivity index (χ0v) is 10.7. The van der Waals surface area contributed by atoms with Crippen molar-refractivity contribution in [2.75, 3.05) is 18.0 Å². The number of aromatic carboxylic acids is 2. The maximum atomic E-state index is 11.2. The quantitative estimate of drug-likeness (QED) is 0.839. The van der Waals surface area contributed by atoms with Gasteiger partial charge in [-0.25, -0.2) is 9.59 Å². The van der Waals surface area contributed by atoms with Crippen molar-refractivity contribution in [3.8, 4) is 0 Å². The highest BCUT2D eigenvalue weighted by atomic mass is 16.4. The molecule has 1 rings (SSSR count). The zero-order valence-electron chi connectivity index (χ0n) is 10.7. The van der Waals surface area contributed by atoms with Crippen LogP contribution in [0.5, 0.6) is 0 Å². The van der Waals surface area contributed by atoms with E-state index in [-0.39, 0.29) is 11.1 Å². The number of carbonyl (C=O) groups is 2. The van der Waals surface area contributed by atoms with Crippen LogP contribution in [0.1, 0.15) is 40.1 Å². The van der Waals surface area contributed by atoms with Gasteiger partial charge in [-0.2, -0.15) is 0 Å². The number of carboxylic acids is 2. The van der Waals surface area contributed by atoms with Gasteiger partial charge in [0, 0.05) is 13.1 Å². The Bertz CT molecular complexity index is 478. The molecule has 0 saturated carbocycles. The van der Waals surface area contributed by atoms with E-state index in [1.807, 2.05) is 18.7 Å². The van der Waals surface area contributed by atoms with E-state index in [0.29, 0.717) is 24.3 Å². The molecule has 0 saturated heterocycles. The van der Waals surface area contributed by atoms with Gasteiger partial charge >= 0.3 is 11.9 Å². The molecule has 2 N–H and O–H groups in total. The summed E-state index contributed by atoms with van der Waals surface area (Å²) in [5.41, 5.74) is 1.19. The highest BCUT2D eigenvalue weighted by Crippen LogP contribution is 2.25. The second kappa shape index (κ2) is 5.53. The van der Waals surface area contributed by atoms with E-state index < -0.39 is 11.9 Å². The predicted molar refractivity (Wildman–Crippen MR) is 68.7 cm³/mol. The average Bonchev–Trinajstić information content (AvgIpc) is 2.29. The SMILES string of the molecule is CCN(CC)c1cc(C)c(C(=O)O)cc1C(=O)O. The number of hydrogen-bond donors (Lipinski definition) is 2. The molecule has 0 atom stereocenters. The Balaban J connectivity index is 3.47. The minimum Gasteiger partial charge on any atom is -0.478 e. The average molecular weight is 251 g/mol. The van der Waals surface area contributed by atoms with Gasteiger partial charge in [-0.3, -0.25) is 0 Å². The molecule has 0 amide bonds. The van der Waals surface area contributed by atoms with Crippen LogP contribution in [-0.4, -0.2) is 35.2 Å². The highest BCUT2D eigenvalue weighted by Gasteiger charge is 2.19. The lowest BCUT2D eigenvalue weighted by atomic mass is 10.0. The normalized spacial score (nSPS) is 10.2. The van der Waals surface area contributed by atoms with Crippen molar-refractivity contribution in [3.05, 3.63) is 28.8 Å². The molecule has 0 heterocycles. The third kappa shape index (κ3) is 2.61. The van der Waals surface area contributed by atoms with Crippen LogP contribution < -0.4 is 4.90 Å². The Morgan fingerprint density at radius 2 is 1.56 bits per heavy atom. The lowest BCUT2D eigenvalue weighted by Gasteiger charge is -2.24. The first-order valence-corrected chi connectivity index (χ1v) is 5.78. The molecule has 1 aromatic rings. The van der Waals surface area contributed by atoms with E-state index >= 15 is 0 Å². The van der Waals surface area contributed by atoms with Crippen molar-refractivity contribution in [2.45, 2.75) is 20.8 Å². The molecule has 0 bridgehead atoms. The van der Waals surface area contributed by atoms with Crippen molar-refractivity contribution >= 4 is 17.6 Å². The van der Waals surface area contributed by atoms with E-state index in [1.165, 1.54) is 6.07 Å². The summed E-state index contributed by atoms with van der Waals surface area (Å²) in [6, 6.07) is 2.85. The predicted octanol–water partition coefficient (Wildman–Crippen LogP) is 2.24. The number of rotatable bonds is 5. The van der Waals surface area contributed by atoms with E-state index in [4.69, 9.17) is 5.11 Å². The molecule has 0 aliphatic carbocycles. The Morgan fingerprint density at radius 3 is 1.94 bits per heavy atom. The molecule has 0 spiro atoms. The van der Waals surface area contributed by atoms with E-state index in [1.54, 1.807) is 13.0 Å². The summed E-state index contributed by atoms with van der Waals surface area (Å²) in [6.07, 6.45) is 0. The van der Waals surface area contributed by atoms with Crippen molar-refractivity contribution in [2.24, 2.45) is 0 Å². The first-order chi connectivity index (χ1) is 8.42. The van der Waals surface area contributed by atoms with Crippen LogP contribution in [0.4, 0.5) is 5.69 Å². The molecule has 5 nitrogen and oxygen atoms in total. The van der Waals surface area contributed by atoms with E-state index in [2.05, 4.69) is 0 Å². The van der Waals surface area contributed by atoms with Gasteiger partial charge in [0.15, 0.2) is 0 Å². The summed E-state index contributed by atoms with van der Waals surface area (Å²) in [5.74, 6) is -2.22. The summed E-state index contributed by atoms with van der Waals surface area (Å²) < 4.78 is 0. The summed E-state index contributed by atoms with van der Waals surface area (Å²) in [4.78, 5) is 24.1. The van der Waals surface area contributed by atoms with Crippen molar-refractivity contribution in [3.63, 3.8) is 0 Å². The van der Waals surface area contributed by atoms with Crippen molar-refractivity contribution < 1.29 is 19.8 Å². The number of anilines is 1. The lowest BCUT2D eigenvalue weighted by Crippen LogP contribution is -2.24. The lowest BCUT2D eigenvalue weighted by molar-refractivity contribution is 0.0695. The first kappa shape index (κ1) is 14.0. The Kier molecular flexibility index (Phi) is 4.31. The minimum atomic E-state index is -1.11. The van der Waals surface area contributed by atoms with E-state index in [0.717, 1.165) is 0 Å². The molecule has 0 aromatic heterocycles.